The average Bonchev–Trinajstić information content (AvgIpc) is 3.19. The highest BCUT2D eigenvalue weighted by atomic mass is 31.2. The van der Waals surface area contributed by atoms with Crippen molar-refractivity contribution in [2.75, 3.05) is 47.5 Å². The summed E-state index contributed by atoms with van der Waals surface area (Å²) in [7, 11) is 1.17. The van der Waals surface area contributed by atoms with Crippen LogP contribution in [-0.2, 0) is 32.7 Å². The third-order valence-corrected chi connectivity index (χ3v) is 11.7. The van der Waals surface area contributed by atoms with E-state index in [1.54, 1.807) is 0 Å². The van der Waals surface area contributed by atoms with Gasteiger partial charge in [-0.25, -0.2) is 0 Å². The van der Waals surface area contributed by atoms with Gasteiger partial charge >= 0.3 is 11.9 Å². The van der Waals surface area contributed by atoms with E-state index in [-0.39, 0.29) is 26.1 Å². The first-order valence-corrected chi connectivity index (χ1v) is 26.0. The van der Waals surface area contributed by atoms with Crippen molar-refractivity contribution in [3.05, 3.63) is 24.3 Å². The molecule has 0 amide bonds. The number of nitrogens with zero attached hydrogens (tertiary/aromatic N) is 1. The summed E-state index contributed by atoms with van der Waals surface area (Å²) in [5.74, 6) is -0.839. The fourth-order valence-corrected chi connectivity index (χ4v) is 7.55. The molecule has 0 heterocycles. The van der Waals surface area contributed by atoms with Crippen LogP contribution >= 0.6 is 7.82 Å². The number of carbonyl (C=O) groups is 2. The summed E-state index contributed by atoms with van der Waals surface area (Å²) in [6, 6.07) is 0. The van der Waals surface area contributed by atoms with Gasteiger partial charge < -0.3 is 27.9 Å². The number of phosphoric ester groups is 1. The number of ether oxygens (including phenoxy) is 2. The molecule has 0 aliphatic rings. The maximum absolute atomic E-state index is 12.7. The molecule has 0 N–H and O–H groups in total. The molecule has 0 rings (SSSR count). The van der Waals surface area contributed by atoms with Crippen LogP contribution in [0.4, 0.5) is 0 Å². The van der Waals surface area contributed by atoms with Crippen molar-refractivity contribution in [1.29, 1.82) is 0 Å². The molecule has 0 aromatic heterocycles. The standard InChI is InChI=1S/C49H94NO8P/c1-6-8-10-12-14-16-18-20-22-23-24-25-26-27-28-30-32-34-36-38-40-42-49(52)58-47(46-57-59(53,54)56-44-43-50(3,4)5)45-55-48(51)41-39-37-35-33-31-29-21-19-17-15-13-11-9-7-2/h19,21,23-24,47H,6-18,20,22,25-46H2,1-5H3/b21-19-,24-23-. The Morgan fingerprint density at radius 3 is 1.25 bits per heavy atom. The molecular weight excluding hydrogens is 762 g/mol. The van der Waals surface area contributed by atoms with Gasteiger partial charge in [-0.15, -0.1) is 0 Å². The number of hydrogen-bond donors (Lipinski definition) is 0. The third kappa shape index (κ3) is 45.8. The Kier molecular flexibility index (Phi) is 40.8. The van der Waals surface area contributed by atoms with Crippen molar-refractivity contribution < 1.29 is 42.1 Å². The average molecular weight is 856 g/mol. The molecule has 0 radical (unpaired) electrons. The van der Waals surface area contributed by atoms with E-state index in [0.717, 1.165) is 57.8 Å². The summed E-state index contributed by atoms with van der Waals surface area (Å²) in [5.41, 5.74) is 0. The minimum Gasteiger partial charge on any atom is -0.756 e. The number of hydrogen-bond acceptors (Lipinski definition) is 8. The van der Waals surface area contributed by atoms with Crippen LogP contribution < -0.4 is 4.89 Å². The van der Waals surface area contributed by atoms with Crippen LogP contribution in [0.25, 0.3) is 0 Å². The van der Waals surface area contributed by atoms with Crippen LogP contribution in [0.2, 0.25) is 0 Å². The Morgan fingerprint density at radius 1 is 0.508 bits per heavy atom. The zero-order valence-corrected chi connectivity index (χ0v) is 40.1. The minimum absolute atomic E-state index is 0.0311. The third-order valence-electron chi connectivity index (χ3n) is 10.7. The van der Waals surface area contributed by atoms with E-state index in [1.807, 2.05) is 21.1 Å². The number of allylic oxidation sites excluding steroid dienone is 4. The Hall–Kier alpha value is -1.51. The zero-order valence-electron chi connectivity index (χ0n) is 39.2. The van der Waals surface area contributed by atoms with Crippen molar-refractivity contribution in [3.8, 4) is 0 Å². The van der Waals surface area contributed by atoms with Gasteiger partial charge in [0, 0.05) is 12.8 Å². The van der Waals surface area contributed by atoms with Gasteiger partial charge in [0.25, 0.3) is 7.82 Å². The van der Waals surface area contributed by atoms with Gasteiger partial charge in [0.2, 0.25) is 0 Å². The second kappa shape index (κ2) is 41.8. The van der Waals surface area contributed by atoms with Crippen LogP contribution in [0.3, 0.4) is 0 Å². The molecule has 0 aliphatic heterocycles. The predicted molar refractivity (Wildman–Crippen MR) is 245 cm³/mol. The van der Waals surface area contributed by atoms with Crippen LogP contribution in [-0.4, -0.2) is 70.0 Å². The Bertz CT molecular complexity index is 1060. The second-order valence-corrected chi connectivity index (χ2v) is 19.2. The molecule has 59 heavy (non-hydrogen) atoms. The highest BCUT2D eigenvalue weighted by Gasteiger charge is 2.21. The first-order chi connectivity index (χ1) is 28.5. The molecule has 0 aromatic carbocycles. The summed E-state index contributed by atoms with van der Waals surface area (Å²) >= 11 is 0. The number of carbonyl (C=O) groups excluding carboxylic acids is 2. The molecular formula is C49H94NO8P. The number of quaternary nitrogens is 1. The van der Waals surface area contributed by atoms with Crippen molar-refractivity contribution in [2.24, 2.45) is 0 Å². The van der Waals surface area contributed by atoms with E-state index in [9.17, 15) is 19.0 Å². The van der Waals surface area contributed by atoms with Gasteiger partial charge in [0.15, 0.2) is 6.10 Å². The SMILES string of the molecule is CCCCCCC/C=C\CCCCCCCC(=O)OCC(COP(=O)([O-])OCC[N+](C)(C)C)OC(=O)CCCCCCCCCCC/C=C\CCCCCCCCCC. The van der Waals surface area contributed by atoms with E-state index >= 15 is 0 Å². The van der Waals surface area contributed by atoms with E-state index in [4.69, 9.17) is 18.5 Å². The lowest BCUT2D eigenvalue weighted by molar-refractivity contribution is -0.870. The monoisotopic (exact) mass is 856 g/mol. The normalized spacial score (nSPS) is 13.7. The van der Waals surface area contributed by atoms with Crippen LogP contribution in [0.15, 0.2) is 24.3 Å². The molecule has 348 valence electrons. The van der Waals surface area contributed by atoms with Gasteiger partial charge in [-0.3, -0.25) is 14.2 Å². The summed E-state index contributed by atoms with van der Waals surface area (Å²) in [4.78, 5) is 37.6. The van der Waals surface area contributed by atoms with Gasteiger partial charge in [0.1, 0.15) is 19.8 Å². The molecule has 0 spiro atoms. The Labute approximate surface area is 364 Å². The summed E-state index contributed by atoms with van der Waals surface area (Å²) in [5, 5.41) is 0. The molecule has 9 nitrogen and oxygen atoms in total. The molecule has 10 heteroatoms. The lowest BCUT2D eigenvalue weighted by Gasteiger charge is -2.28. The summed E-state index contributed by atoms with van der Waals surface area (Å²) in [6.45, 7) is 4.23. The van der Waals surface area contributed by atoms with Crippen molar-refractivity contribution >= 4 is 19.8 Å². The lowest BCUT2D eigenvalue weighted by Crippen LogP contribution is -2.37. The molecule has 0 bridgehead atoms. The van der Waals surface area contributed by atoms with Gasteiger partial charge in [-0.1, -0.05) is 173 Å². The highest BCUT2D eigenvalue weighted by molar-refractivity contribution is 7.45. The van der Waals surface area contributed by atoms with E-state index in [2.05, 4.69) is 38.2 Å². The maximum Gasteiger partial charge on any atom is 0.306 e. The number of likely N-dealkylation sites (N-methyl/N-ethyl adjacent to an activating group) is 1. The first kappa shape index (κ1) is 57.5. The lowest BCUT2D eigenvalue weighted by atomic mass is 10.1. The second-order valence-electron chi connectivity index (χ2n) is 17.8. The van der Waals surface area contributed by atoms with Crippen molar-refractivity contribution in [1.82, 2.24) is 0 Å². The topological polar surface area (TPSA) is 111 Å². The molecule has 0 aliphatic carbocycles. The minimum atomic E-state index is -4.63. The summed E-state index contributed by atoms with van der Waals surface area (Å²) < 4.78 is 34.0. The zero-order chi connectivity index (χ0) is 43.6. The number of rotatable bonds is 45. The molecule has 0 saturated carbocycles. The molecule has 2 unspecified atom stereocenters. The van der Waals surface area contributed by atoms with Gasteiger partial charge in [-0.05, 0) is 64.2 Å². The summed E-state index contributed by atoms with van der Waals surface area (Å²) in [6.07, 6.45) is 46.3. The molecule has 0 fully saturated rings. The first-order valence-electron chi connectivity index (χ1n) is 24.5. The van der Waals surface area contributed by atoms with Gasteiger partial charge in [0.05, 0.1) is 27.7 Å². The quantitative estimate of drug-likeness (QED) is 0.0196. The number of unbranched alkanes of at least 4 members (excludes halogenated alkanes) is 27. The van der Waals surface area contributed by atoms with E-state index in [1.165, 1.54) is 135 Å². The fourth-order valence-electron chi connectivity index (χ4n) is 6.82. The largest absolute Gasteiger partial charge is 0.756 e. The Balaban J connectivity index is 4.26. The number of esters is 2. The van der Waals surface area contributed by atoms with Crippen LogP contribution in [0, 0.1) is 0 Å². The maximum atomic E-state index is 12.7. The van der Waals surface area contributed by atoms with E-state index < -0.39 is 32.5 Å². The molecule has 0 aromatic rings. The Morgan fingerprint density at radius 2 is 0.864 bits per heavy atom. The van der Waals surface area contributed by atoms with Crippen molar-refractivity contribution in [3.63, 3.8) is 0 Å². The molecule has 0 saturated heterocycles. The van der Waals surface area contributed by atoms with Crippen molar-refractivity contribution in [2.45, 2.75) is 232 Å². The fraction of sp³-hybridized carbons (Fsp3) is 0.878. The highest BCUT2D eigenvalue weighted by Crippen LogP contribution is 2.38. The number of phosphoric acid groups is 1. The predicted octanol–water partition coefficient (Wildman–Crippen LogP) is 13.7. The van der Waals surface area contributed by atoms with E-state index in [0.29, 0.717) is 17.4 Å². The van der Waals surface area contributed by atoms with Gasteiger partial charge in [-0.2, -0.15) is 0 Å². The van der Waals surface area contributed by atoms with Crippen LogP contribution in [0.5, 0.6) is 0 Å². The van der Waals surface area contributed by atoms with Crippen LogP contribution in [0.1, 0.15) is 226 Å². The molecule has 2 atom stereocenters. The smallest absolute Gasteiger partial charge is 0.306 e.